The number of amides is 1. The predicted octanol–water partition coefficient (Wildman–Crippen LogP) is 3.47. The number of ketones is 1. The molecule has 0 bridgehead atoms. The van der Waals surface area contributed by atoms with Gasteiger partial charge in [0.05, 0.1) is 6.10 Å². The molecule has 2 aliphatic carbocycles. The Morgan fingerprint density at radius 1 is 1.19 bits per heavy atom. The second kappa shape index (κ2) is 7.78. The first-order valence-corrected chi connectivity index (χ1v) is 9.49. The summed E-state index contributed by atoms with van der Waals surface area (Å²) in [6.45, 7) is 6.99. The zero-order valence-electron chi connectivity index (χ0n) is 16.5. The molecule has 5 nitrogen and oxygen atoms in total. The van der Waals surface area contributed by atoms with Crippen LogP contribution in [0.2, 0.25) is 0 Å². The lowest BCUT2D eigenvalue weighted by atomic mass is 9.60. The fourth-order valence-corrected chi connectivity index (χ4v) is 4.90. The number of carbonyl (C=O) groups is 2. The molecule has 144 valence electrons. The molecule has 1 spiro atoms. The Kier molecular flexibility index (Phi) is 6.12. The lowest BCUT2D eigenvalue weighted by molar-refractivity contribution is -0.138. The van der Waals surface area contributed by atoms with Crippen LogP contribution in [0.1, 0.15) is 64.5 Å². The largest absolute Gasteiger partial charge is 0.508 e. The van der Waals surface area contributed by atoms with Gasteiger partial charge in [-0.2, -0.15) is 0 Å². The summed E-state index contributed by atoms with van der Waals surface area (Å²) in [6, 6.07) is 5.17. The molecule has 0 heterocycles. The van der Waals surface area contributed by atoms with Crippen LogP contribution in [0.4, 0.5) is 0 Å². The molecule has 2 aliphatic rings. The highest BCUT2D eigenvalue weighted by molar-refractivity contribution is 5.94. The van der Waals surface area contributed by atoms with E-state index < -0.39 is 5.54 Å². The number of Topliss-reactive ketones (excluding diaryl/α,β-unsaturated/α-hetero) is 1. The van der Waals surface area contributed by atoms with E-state index in [0.29, 0.717) is 0 Å². The van der Waals surface area contributed by atoms with Gasteiger partial charge in [0.25, 0.3) is 0 Å². The number of ether oxygens (including phenoxy) is 1. The molecule has 1 saturated carbocycles. The molecular formula is C21H31NO4. The molecule has 1 amide bonds. The third-order valence-electron chi connectivity index (χ3n) is 5.94. The first-order valence-electron chi connectivity index (χ1n) is 9.49. The van der Waals surface area contributed by atoms with Crippen LogP contribution in [0.15, 0.2) is 18.2 Å². The number of hydrogen-bond acceptors (Lipinski definition) is 4. The maximum Gasteiger partial charge on any atom is 0.217 e. The van der Waals surface area contributed by atoms with Crippen LogP contribution in [0.3, 0.4) is 0 Å². The van der Waals surface area contributed by atoms with Gasteiger partial charge in [0.1, 0.15) is 11.3 Å². The van der Waals surface area contributed by atoms with Gasteiger partial charge in [-0.25, -0.2) is 0 Å². The quantitative estimate of drug-likeness (QED) is 0.864. The van der Waals surface area contributed by atoms with Crippen LogP contribution in [-0.4, -0.2) is 30.0 Å². The summed E-state index contributed by atoms with van der Waals surface area (Å²) in [7, 11) is 1.72. The second-order valence-electron chi connectivity index (χ2n) is 7.22. The van der Waals surface area contributed by atoms with Gasteiger partial charge < -0.3 is 15.2 Å². The summed E-state index contributed by atoms with van der Waals surface area (Å²) in [5, 5.41) is 13.0. The number of rotatable bonds is 3. The van der Waals surface area contributed by atoms with Crippen LogP contribution in [0.25, 0.3) is 0 Å². The minimum absolute atomic E-state index is 0.0714. The van der Waals surface area contributed by atoms with E-state index >= 15 is 0 Å². The molecule has 26 heavy (non-hydrogen) atoms. The lowest BCUT2D eigenvalue weighted by Gasteiger charge is -2.48. The van der Waals surface area contributed by atoms with Crippen molar-refractivity contribution in [2.75, 3.05) is 7.11 Å². The van der Waals surface area contributed by atoms with Crippen molar-refractivity contribution in [1.29, 1.82) is 0 Å². The molecule has 0 aromatic heterocycles. The van der Waals surface area contributed by atoms with Crippen LogP contribution in [-0.2, 0) is 26.3 Å². The van der Waals surface area contributed by atoms with Crippen molar-refractivity contribution in [3.8, 4) is 5.75 Å². The molecule has 1 aromatic carbocycles. The molecule has 2 N–H and O–H groups in total. The van der Waals surface area contributed by atoms with Crippen molar-refractivity contribution in [3.05, 3.63) is 29.3 Å². The molecule has 0 saturated heterocycles. The van der Waals surface area contributed by atoms with E-state index in [0.717, 1.165) is 43.2 Å². The highest BCUT2D eigenvalue weighted by Crippen LogP contribution is 2.58. The Hall–Kier alpha value is -1.88. The van der Waals surface area contributed by atoms with Crippen LogP contribution < -0.4 is 5.32 Å². The predicted molar refractivity (Wildman–Crippen MR) is 101 cm³/mol. The lowest BCUT2D eigenvalue weighted by Crippen LogP contribution is -2.60. The van der Waals surface area contributed by atoms with Crippen LogP contribution >= 0.6 is 0 Å². The first-order chi connectivity index (χ1) is 12.3. The molecular weight excluding hydrogens is 330 g/mol. The van der Waals surface area contributed by atoms with Gasteiger partial charge in [-0.1, -0.05) is 19.9 Å². The van der Waals surface area contributed by atoms with Gasteiger partial charge in [0, 0.05) is 19.4 Å². The normalized spacial score (nSPS) is 29.5. The minimum atomic E-state index is -1.06. The van der Waals surface area contributed by atoms with E-state index in [2.05, 4.69) is 5.32 Å². The Labute approximate surface area is 156 Å². The van der Waals surface area contributed by atoms with E-state index in [1.54, 1.807) is 26.2 Å². The maximum absolute atomic E-state index is 12.9. The number of phenolic OH excluding ortho intramolecular Hbond substituents is 1. The number of fused-ring (bicyclic) bond motifs is 1. The Balaban J connectivity index is 0.00000117. The third kappa shape index (κ3) is 3.13. The highest BCUT2D eigenvalue weighted by Gasteiger charge is 2.61. The number of nitrogens with one attached hydrogen (secondary N) is 1. The average Bonchev–Trinajstić information content (AvgIpc) is 2.87. The molecule has 1 aromatic rings. The third-order valence-corrected chi connectivity index (χ3v) is 5.94. The Bertz CT molecular complexity index is 677. The number of benzene rings is 1. The van der Waals surface area contributed by atoms with Gasteiger partial charge in [-0.05, 0) is 62.3 Å². The van der Waals surface area contributed by atoms with Crippen molar-refractivity contribution < 1.29 is 19.4 Å². The molecule has 1 fully saturated rings. The van der Waals surface area contributed by atoms with Crippen LogP contribution in [0.5, 0.6) is 5.75 Å². The van der Waals surface area contributed by atoms with Gasteiger partial charge in [0.15, 0.2) is 5.78 Å². The van der Waals surface area contributed by atoms with Crippen molar-refractivity contribution in [1.82, 2.24) is 5.32 Å². The van der Waals surface area contributed by atoms with Crippen LogP contribution in [0, 0.1) is 5.41 Å². The van der Waals surface area contributed by atoms with E-state index in [1.807, 2.05) is 19.9 Å². The number of carbonyl (C=O) groups excluding carboxylic acids is 2. The van der Waals surface area contributed by atoms with Crippen molar-refractivity contribution in [2.24, 2.45) is 5.41 Å². The van der Waals surface area contributed by atoms with E-state index in [1.165, 1.54) is 6.92 Å². The molecule has 0 aliphatic heterocycles. The number of aromatic hydroxyl groups is 1. The van der Waals surface area contributed by atoms with Crippen molar-refractivity contribution in [2.45, 2.75) is 71.4 Å². The summed E-state index contributed by atoms with van der Waals surface area (Å²) in [5.74, 6) is -0.181. The van der Waals surface area contributed by atoms with Gasteiger partial charge >= 0.3 is 0 Å². The smallest absolute Gasteiger partial charge is 0.217 e. The summed E-state index contributed by atoms with van der Waals surface area (Å²) in [4.78, 5) is 24.9. The minimum Gasteiger partial charge on any atom is -0.508 e. The summed E-state index contributed by atoms with van der Waals surface area (Å²) in [6.07, 6.45) is 4.28. The van der Waals surface area contributed by atoms with E-state index in [-0.39, 0.29) is 29.0 Å². The monoisotopic (exact) mass is 361 g/mol. The zero-order valence-corrected chi connectivity index (χ0v) is 16.5. The molecule has 5 heteroatoms. The van der Waals surface area contributed by atoms with E-state index in [9.17, 15) is 14.7 Å². The topological polar surface area (TPSA) is 75.6 Å². The van der Waals surface area contributed by atoms with Crippen molar-refractivity contribution >= 4 is 11.7 Å². The van der Waals surface area contributed by atoms with E-state index in [4.69, 9.17) is 4.74 Å². The number of hydrogen-bond donors (Lipinski definition) is 2. The van der Waals surface area contributed by atoms with Crippen molar-refractivity contribution in [3.63, 3.8) is 0 Å². The fraction of sp³-hybridized carbons (Fsp3) is 0.619. The van der Waals surface area contributed by atoms with Gasteiger partial charge in [-0.15, -0.1) is 0 Å². The first kappa shape index (κ1) is 20.4. The molecule has 1 unspecified atom stereocenters. The number of methoxy groups -OCH3 is 1. The average molecular weight is 361 g/mol. The number of phenols is 1. The summed E-state index contributed by atoms with van der Waals surface area (Å²) in [5.41, 5.74) is 0.370. The maximum atomic E-state index is 12.9. The molecule has 1 atom stereocenters. The summed E-state index contributed by atoms with van der Waals surface area (Å²) < 4.78 is 5.49. The fourth-order valence-electron chi connectivity index (χ4n) is 4.90. The van der Waals surface area contributed by atoms with Gasteiger partial charge in [0.2, 0.25) is 5.91 Å². The Morgan fingerprint density at radius 2 is 1.81 bits per heavy atom. The SMILES string of the molecule is CC.COC1CCC2(CC1)Cc1ccc(O)cc1C2(NC(C)=O)C(C)=O. The van der Waals surface area contributed by atoms with Gasteiger partial charge in [-0.3, -0.25) is 9.59 Å². The molecule has 0 radical (unpaired) electrons. The zero-order chi connectivity index (χ0) is 19.5. The summed E-state index contributed by atoms with van der Waals surface area (Å²) >= 11 is 0. The second-order valence-corrected chi connectivity index (χ2v) is 7.22. The molecule has 3 rings (SSSR count). The highest BCUT2D eigenvalue weighted by atomic mass is 16.5. The standard InChI is InChI=1S/C19H25NO4.C2H6/c1-12(21)19(20-13(2)22)17-10-15(23)5-4-14(17)11-18(19)8-6-16(24-3)7-9-18;1-2/h4-5,10,16,23H,6-9,11H2,1-3H3,(H,20,22);1-2H3. The Morgan fingerprint density at radius 3 is 2.31 bits per heavy atom.